The van der Waals surface area contributed by atoms with Crippen molar-refractivity contribution in [1.29, 1.82) is 0 Å². The zero-order valence-electron chi connectivity index (χ0n) is 7.17. The molecule has 0 aromatic heterocycles. The molecule has 1 aliphatic carbocycles. The summed E-state index contributed by atoms with van der Waals surface area (Å²) in [6.45, 7) is 0. The van der Waals surface area contributed by atoms with Crippen molar-refractivity contribution in [1.82, 2.24) is 0 Å². The molecule has 0 N–H and O–H groups in total. The minimum Gasteiger partial charge on any atom is -0.297 e. The number of Topliss-reactive ketones (excluding diaryl/α,β-unsaturated/α-hetero) is 1. The third-order valence-electron chi connectivity index (χ3n) is 2.54. The molecule has 2 rings (SSSR count). The molecule has 12 heavy (non-hydrogen) atoms. The fraction of sp³-hybridized carbons (Fsp3) is 0.889. The van der Waals surface area contributed by atoms with Crippen LogP contribution in [0.15, 0.2) is 0 Å². The molecule has 0 aromatic rings. The topological polar surface area (TPSA) is 17.1 Å². The molecule has 1 aliphatic heterocycles. The summed E-state index contributed by atoms with van der Waals surface area (Å²) in [7, 11) is 0. The first kappa shape index (κ1) is 8.95. The first-order valence-corrected chi connectivity index (χ1v) is 6.62. The van der Waals surface area contributed by atoms with Gasteiger partial charge in [-0.1, -0.05) is 6.42 Å². The van der Waals surface area contributed by atoms with E-state index in [-0.39, 0.29) is 4.08 Å². The summed E-state index contributed by atoms with van der Waals surface area (Å²) in [6, 6.07) is 0. The normalized spacial score (nSPS) is 29.2. The summed E-state index contributed by atoms with van der Waals surface area (Å²) in [5.41, 5.74) is 0. The van der Waals surface area contributed by atoms with Gasteiger partial charge in [0.2, 0.25) is 0 Å². The third kappa shape index (κ3) is 1.53. The maximum absolute atomic E-state index is 11.7. The summed E-state index contributed by atoms with van der Waals surface area (Å²) < 4.78 is 0.0104. The van der Waals surface area contributed by atoms with Crippen molar-refractivity contribution in [3.05, 3.63) is 0 Å². The van der Waals surface area contributed by atoms with Crippen LogP contribution in [0.3, 0.4) is 0 Å². The average Bonchev–Trinajstić information content (AvgIpc) is 2.12. The molecule has 0 atom stereocenters. The van der Waals surface area contributed by atoms with E-state index in [1.807, 2.05) is 23.5 Å². The van der Waals surface area contributed by atoms with Gasteiger partial charge in [0.25, 0.3) is 0 Å². The van der Waals surface area contributed by atoms with E-state index in [0.29, 0.717) is 5.78 Å². The zero-order valence-corrected chi connectivity index (χ0v) is 8.81. The lowest BCUT2D eigenvalue weighted by Crippen LogP contribution is -2.37. The molecule has 2 fully saturated rings. The van der Waals surface area contributed by atoms with Gasteiger partial charge in [-0.15, -0.1) is 23.5 Å². The van der Waals surface area contributed by atoms with E-state index in [9.17, 15) is 4.79 Å². The number of thioether (sulfide) groups is 2. The molecule has 1 saturated carbocycles. The van der Waals surface area contributed by atoms with Crippen LogP contribution >= 0.6 is 23.5 Å². The Kier molecular flexibility index (Phi) is 2.70. The van der Waals surface area contributed by atoms with Gasteiger partial charge in [0, 0.05) is 6.42 Å². The SMILES string of the molecule is O=C1CCCCC12SCCCS2. The number of hydrogen-bond acceptors (Lipinski definition) is 3. The fourth-order valence-electron chi connectivity index (χ4n) is 1.85. The predicted octanol–water partition coefficient (Wildman–Crippen LogP) is 2.70. The minimum atomic E-state index is 0.0104. The first-order chi connectivity index (χ1) is 5.83. The number of ketones is 1. The summed E-state index contributed by atoms with van der Waals surface area (Å²) in [4.78, 5) is 11.7. The third-order valence-corrected chi connectivity index (χ3v) is 6.03. The largest absolute Gasteiger partial charge is 0.297 e. The van der Waals surface area contributed by atoms with Crippen molar-refractivity contribution >= 4 is 29.3 Å². The first-order valence-electron chi connectivity index (χ1n) is 4.65. The second kappa shape index (κ2) is 3.62. The van der Waals surface area contributed by atoms with Crippen molar-refractivity contribution in [2.75, 3.05) is 11.5 Å². The summed E-state index contributed by atoms with van der Waals surface area (Å²) in [5.74, 6) is 2.90. The summed E-state index contributed by atoms with van der Waals surface area (Å²) >= 11 is 3.82. The van der Waals surface area contributed by atoms with Gasteiger partial charge in [-0.2, -0.15) is 0 Å². The highest BCUT2D eigenvalue weighted by atomic mass is 32.2. The van der Waals surface area contributed by atoms with Gasteiger partial charge in [0.1, 0.15) is 4.08 Å². The lowest BCUT2D eigenvalue weighted by molar-refractivity contribution is -0.120. The van der Waals surface area contributed by atoms with Crippen LogP contribution in [0.4, 0.5) is 0 Å². The predicted molar refractivity (Wildman–Crippen MR) is 55.7 cm³/mol. The molecule has 1 heterocycles. The van der Waals surface area contributed by atoms with E-state index < -0.39 is 0 Å². The Morgan fingerprint density at radius 3 is 2.50 bits per heavy atom. The van der Waals surface area contributed by atoms with Gasteiger partial charge in [-0.3, -0.25) is 4.79 Å². The van der Waals surface area contributed by atoms with Crippen molar-refractivity contribution < 1.29 is 4.79 Å². The molecule has 0 radical (unpaired) electrons. The van der Waals surface area contributed by atoms with Crippen LogP contribution in [-0.4, -0.2) is 21.4 Å². The highest BCUT2D eigenvalue weighted by Gasteiger charge is 2.41. The summed E-state index contributed by atoms with van der Waals surface area (Å²) in [6.07, 6.45) is 5.62. The Morgan fingerprint density at radius 1 is 1.08 bits per heavy atom. The van der Waals surface area contributed by atoms with E-state index in [4.69, 9.17) is 0 Å². The molecule has 1 saturated heterocycles. The van der Waals surface area contributed by atoms with Crippen LogP contribution < -0.4 is 0 Å². The molecule has 3 heteroatoms. The number of carbonyl (C=O) groups is 1. The van der Waals surface area contributed by atoms with Gasteiger partial charge in [-0.05, 0) is 30.8 Å². The van der Waals surface area contributed by atoms with E-state index in [1.54, 1.807) is 0 Å². The second-order valence-electron chi connectivity index (χ2n) is 3.43. The monoisotopic (exact) mass is 202 g/mol. The molecule has 0 aromatic carbocycles. The standard InChI is InChI=1S/C9H14OS2/c10-8-4-1-2-5-9(8)11-6-3-7-12-9/h1-7H2. The van der Waals surface area contributed by atoms with E-state index in [2.05, 4.69) is 0 Å². The molecule has 0 bridgehead atoms. The number of carbonyl (C=O) groups excluding carboxylic acids is 1. The highest BCUT2D eigenvalue weighted by Crippen LogP contribution is 2.49. The van der Waals surface area contributed by atoms with Crippen molar-refractivity contribution in [2.45, 2.75) is 36.2 Å². The molecule has 0 unspecified atom stereocenters. The lowest BCUT2D eigenvalue weighted by atomic mass is 9.98. The zero-order chi connectivity index (χ0) is 8.44. The van der Waals surface area contributed by atoms with E-state index in [0.717, 1.165) is 19.3 Å². The number of rotatable bonds is 0. The molecule has 0 amide bonds. The van der Waals surface area contributed by atoms with E-state index in [1.165, 1.54) is 24.3 Å². The van der Waals surface area contributed by atoms with Gasteiger partial charge < -0.3 is 0 Å². The van der Waals surface area contributed by atoms with E-state index >= 15 is 0 Å². The van der Waals surface area contributed by atoms with Crippen LogP contribution in [0, 0.1) is 0 Å². The molecule has 2 aliphatic rings. The van der Waals surface area contributed by atoms with Crippen LogP contribution in [0.25, 0.3) is 0 Å². The van der Waals surface area contributed by atoms with Crippen LogP contribution in [-0.2, 0) is 4.79 Å². The van der Waals surface area contributed by atoms with Crippen molar-refractivity contribution in [2.24, 2.45) is 0 Å². The maximum Gasteiger partial charge on any atom is 0.158 e. The van der Waals surface area contributed by atoms with Gasteiger partial charge in [-0.25, -0.2) is 0 Å². The van der Waals surface area contributed by atoms with Crippen LogP contribution in [0.2, 0.25) is 0 Å². The molecular formula is C9H14OS2. The van der Waals surface area contributed by atoms with Crippen LogP contribution in [0.5, 0.6) is 0 Å². The molecule has 1 nitrogen and oxygen atoms in total. The molecule has 1 spiro atoms. The highest BCUT2D eigenvalue weighted by molar-refractivity contribution is 8.19. The summed E-state index contributed by atoms with van der Waals surface area (Å²) in [5, 5.41) is 0. The lowest BCUT2D eigenvalue weighted by Gasteiger charge is -2.37. The van der Waals surface area contributed by atoms with Gasteiger partial charge in [0.05, 0.1) is 0 Å². The number of hydrogen-bond donors (Lipinski definition) is 0. The second-order valence-corrected chi connectivity index (χ2v) is 6.48. The quantitative estimate of drug-likeness (QED) is 0.601. The Hall–Kier alpha value is 0.370. The molecule has 68 valence electrons. The van der Waals surface area contributed by atoms with Gasteiger partial charge in [0.15, 0.2) is 5.78 Å². The fourth-order valence-corrected chi connectivity index (χ4v) is 5.21. The Morgan fingerprint density at radius 2 is 1.83 bits per heavy atom. The van der Waals surface area contributed by atoms with Gasteiger partial charge >= 0.3 is 0 Å². The average molecular weight is 202 g/mol. The van der Waals surface area contributed by atoms with Crippen molar-refractivity contribution in [3.8, 4) is 0 Å². The minimum absolute atomic E-state index is 0.0104. The maximum atomic E-state index is 11.7. The Bertz CT molecular complexity index is 177. The van der Waals surface area contributed by atoms with Crippen LogP contribution in [0.1, 0.15) is 32.1 Å². The molecular weight excluding hydrogens is 188 g/mol. The Balaban J connectivity index is 2.09. The smallest absolute Gasteiger partial charge is 0.158 e. The Labute approximate surface area is 82.1 Å². The van der Waals surface area contributed by atoms with Crippen molar-refractivity contribution in [3.63, 3.8) is 0 Å².